The van der Waals surface area contributed by atoms with Crippen LogP contribution in [0.2, 0.25) is 0 Å². The SMILES string of the molecule is CCCCOC(=O)O.CCCCOC(=O)O.O=C(O)O.O=C(O)O.O=C(O)O.O=C(O)O.O=C(O)O.O=C(O)O.O=C(O)O.O=C(O)O.O=C(O)O.O=C(O)O. The van der Waals surface area contributed by atoms with Crippen molar-refractivity contribution >= 4 is 73.9 Å². The predicted octanol–water partition coefficient (Wildman–Crippen LogP) is 5.19. The van der Waals surface area contributed by atoms with Crippen LogP contribution in [-0.2, 0) is 9.47 Å². The summed E-state index contributed by atoms with van der Waals surface area (Å²) in [6.07, 6.45) is -17.1. The highest BCUT2D eigenvalue weighted by molar-refractivity contribution is 5.57. The molecule has 0 heterocycles. The fourth-order valence-electron chi connectivity index (χ4n) is 0.608. The van der Waals surface area contributed by atoms with Gasteiger partial charge in [-0.2, -0.15) is 0 Å². The summed E-state index contributed by atoms with van der Waals surface area (Å²) in [5.74, 6) is 0. The molecular weight excluding hydrogens is 816 g/mol. The van der Waals surface area contributed by atoms with Gasteiger partial charge < -0.3 is 122 Å². The molecule has 0 bridgehead atoms. The fourth-order valence-corrected chi connectivity index (χ4v) is 0.608. The van der Waals surface area contributed by atoms with Crippen molar-refractivity contribution in [2.75, 3.05) is 13.2 Å². The number of hydrogen-bond acceptors (Lipinski definition) is 14. The van der Waals surface area contributed by atoms with Crippen molar-refractivity contribution in [1.29, 1.82) is 0 Å². The second-order valence-electron chi connectivity index (χ2n) is 5.76. The van der Waals surface area contributed by atoms with Gasteiger partial charge in [0.15, 0.2) is 0 Å². The minimum absolute atomic E-state index is 0.325. The summed E-state index contributed by atoms with van der Waals surface area (Å²) in [5, 5.41) is 155. The van der Waals surface area contributed by atoms with Gasteiger partial charge in [-0.3, -0.25) is 0 Å². The first-order chi connectivity index (χ1) is 24.9. The molecule has 0 saturated heterocycles. The van der Waals surface area contributed by atoms with Crippen LogP contribution in [0.5, 0.6) is 0 Å². The van der Waals surface area contributed by atoms with Crippen molar-refractivity contribution < 1.29 is 179 Å². The summed E-state index contributed by atoms with van der Waals surface area (Å²) in [5.41, 5.74) is 0. The first kappa shape index (κ1) is 81.3. The third-order valence-corrected chi connectivity index (χ3v) is 1.45. The van der Waals surface area contributed by atoms with Gasteiger partial charge in [0.25, 0.3) is 0 Å². The van der Waals surface area contributed by atoms with E-state index in [-0.39, 0.29) is 0 Å². The zero-order valence-corrected chi connectivity index (χ0v) is 27.8. The lowest BCUT2D eigenvalue weighted by molar-refractivity contribution is 0.0892. The largest absolute Gasteiger partial charge is 0.505 e. The molecule has 0 aromatic heterocycles. The molecule has 0 radical (unpaired) electrons. The topological polar surface area (TPSA) is 668 Å². The Labute approximate surface area is 306 Å². The molecule has 0 aliphatic heterocycles. The van der Waals surface area contributed by atoms with Gasteiger partial charge in [0.1, 0.15) is 0 Å². The second-order valence-corrected chi connectivity index (χ2v) is 5.76. The molecule has 0 atom stereocenters. The molecule has 36 nitrogen and oxygen atoms in total. The minimum atomic E-state index is -1.83. The van der Waals surface area contributed by atoms with Crippen molar-refractivity contribution in [3.63, 3.8) is 0 Å². The molecule has 0 saturated carbocycles. The maximum atomic E-state index is 9.65. The molecule has 0 aliphatic rings. The molecule has 0 rings (SSSR count). The normalized spacial score (nSPS) is 6.75. The van der Waals surface area contributed by atoms with Crippen LogP contribution in [0.25, 0.3) is 0 Å². The number of carboxylic acid groups (broad SMARTS) is 22. The predicted molar refractivity (Wildman–Crippen MR) is 164 cm³/mol. The van der Waals surface area contributed by atoms with Crippen molar-refractivity contribution in [2.24, 2.45) is 0 Å². The number of unbranched alkanes of at least 4 members (excludes halogenated alkanes) is 2. The second kappa shape index (κ2) is 76.2. The lowest BCUT2D eigenvalue weighted by Crippen LogP contribution is -2.00. The van der Waals surface area contributed by atoms with Crippen molar-refractivity contribution in [3.8, 4) is 0 Å². The van der Waals surface area contributed by atoms with E-state index in [0.29, 0.717) is 13.2 Å². The first-order valence-corrected chi connectivity index (χ1v) is 11.8. The number of hydrogen-bond donors (Lipinski definition) is 22. The van der Waals surface area contributed by atoms with E-state index in [0.717, 1.165) is 25.7 Å². The van der Waals surface area contributed by atoms with E-state index in [1.807, 2.05) is 13.8 Å². The Hall–Kier alpha value is -8.76. The monoisotopic (exact) mass is 856 g/mol. The van der Waals surface area contributed by atoms with Crippen LogP contribution in [0.3, 0.4) is 0 Å². The summed E-state index contributed by atoms with van der Waals surface area (Å²) in [6.45, 7) is 4.61. The standard InChI is InChI=1S/2C5H10O3.10CH2O3/c2*1-2-3-4-8-5(6)7;10*2-1(3)4/h2*2-4H2,1H3,(H,6,7);10*(H2,2,3,4). The Morgan fingerprint density at radius 3 is 0.411 bits per heavy atom. The van der Waals surface area contributed by atoms with Gasteiger partial charge in [-0.25, -0.2) is 57.5 Å². The molecule has 0 amide bonds. The van der Waals surface area contributed by atoms with Crippen LogP contribution in [0, 0.1) is 0 Å². The highest BCUT2D eigenvalue weighted by Gasteiger charge is 1.92. The first-order valence-electron chi connectivity index (χ1n) is 11.8. The molecule has 22 N–H and O–H groups in total. The van der Waals surface area contributed by atoms with Crippen LogP contribution in [0.1, 0.15) is 39.5 Å². The quantitative estimate of drug-likeness (QED) is 0.121. The molecule has 0 aliphatic carbocycles. The Balaban J connectivity index is -0.0000000382. The third kappa shape index (κ3) is 57600. The van der Waals surface area contributed by atoms with Gasteiger partial charge in [-0.05, 0) is 12.8 Å². The van der Waals surface area contributed by atoms with E-state index < -0.39 is 73.9 Å². The number of ether oxygens (including phenoxy) is 2. The van der Waals surface area contributed by atoms with Gasteiger partial charge in [-0.15, -0.1) is 0 Å². The van der Waals surface area contributed by atoms with E-state index in [1.165, 1.54) is 0 Å². The van der Waals surface area contributed by atoms with Gasteiger partial charge in [0.2, 0.25) is 0 Å². The molecule has 0 aromatic rings. The van der Waals surface area contributed by atoms with Gasteiger partial charge in [0, 0.05) is 0 Å². The summed E-state index contributed by atoms with van der Waals surface area (Å²) in [4.78, 5) is 105. The van der Waals surface area contributed by atoms with Gasteiger partial charge in [-0.1, -0.05) is 26.7 Å². The van der Waals surface area contributed by atoms with Crippen molar-refractivity contribution in [2.45, 2.75) is 39.5 Å². The fraction of sp³-hybridized carbons (Fsp3) is 0.400. The molecule has 0 aromatic carbocycles. The molecule has 336 valence electrons. The summed E-state index contributed by atoms with van der Waals surface area (Å²) in [7, 11) is 0. The van der Waals surface area contributed by atoms with Crippen LogP contribution < -0.4 is 0 Å². The van der Waals surface area contributed by atoms with E-state index >= 15 is 0 Å². The lowest BCUT2D eigenvalue weighted by atomic mass is 10.4. The Morgan fingerprint density at radius 2 is 0.357 bits per heavy atom. The maximum absolute atomic E-state index is 9.65. The number of carbonyl (C=O) groups is 12. The highest BCUT2D eigenvalue weighted by Crippen LogP contribution is 1.87. The van der Waals surface area contributed by atoms with Crippen LogP contribution in [0.15, 0.2) is 0 Å². The maximum Gasteiger partial charge on any atom is 0.505 e. The molecular formula is C20H40O36. The molecule has 56 heavy (non-hydrogen) atoms. The zero-order valence-electron chi connectivity index (χ0n) is 27.8. The van der Waals surface area contributed by atoms with E-state index in [2.05, 4.69) is 9.47 Å². The Morgan fingerprint density at radius 1 is 0.268 bits per heavy atom. The molecule has 0 spiro atoms. The van der Waals surface area contributed by atoms with Crippen LogP contribution >= 0.6 is 0 Å². The lowest BCUT2D eigenvalue weighted by Gasteiger charge is -1.94. The molecule has 36 heteroatoms. The highest BCUT2D eigenvalue weighted by atomic mass is 16.7. The Kier molecular flexibility index (Phi) is 111. The molecule has 0 unspecified atom stereocenters. The van der Waals surface area contributed by atoms with Crippen LogP contribution in [-0.4, -0.2) is 199 Å². The van der Waals surface area contributed by atoms with E-state index in [1.54, 1.807) is 0 Å². The summed E-state index contributed by atoms with van der Waals surface area (Å²) in [6, 6.07) is 0. The van der Waals surface area contributed by atoms with Crippen molar-refractivity contribution in [3.05, 3.63) is 0 Å². The van der Waals surface area contributed by atoms with Gasteiger partial charge in [0.05, 0.1) is 13.2 Å². The smallest absolute Gasteiger partial charge is 0.450 e. The minimum Gasteiger partial charge on any atom is -0.450 e. The molecule has 0 fully saturated rings. The number of rotatable bonds is 6. The van der Waals surface area contributed by atoms with E-state index in [4.69, 9.17) is 160 Å². The average molecular weight is 857 g/mol. The summed E-state index contributed by atoms with van der Waals surface area (Å²) < 4.78 is 8.40. The average Bonchev–Trinajstić information content (AvgIpc) is 2.86. The van der Waals surface area contributed by atoms with Crippen molar-refractivity contribution in [1.82, 2.24) is 0 Å². The van der Waals surface area contributed by atoms with Gasteiger partial charge >= 0.3 is 73.9 Å². The van der Waals surface area contributed by atoms with E-state index in [9.17, 15) is 9.59 Å². The van der Waals surface area contributed by atoms with Crippen LogP contribution in [0.4, 0.5) is 57.5 Å². The zero-order chi connectivity index (χ0) is 48.6. The summed E-state index contributed by atoms with van der Waals surface area (Å²) >= 11 is 0. The third-order valence-electron chi connectivity index (χ3n) is 1.45. The Bertz CT molecular complexity index is 757.